The Balaban J connectivity index is 1.66. The van der Waals surface area contributed by atoms with Gasteiger partial charge in [0.2, 0.25) is 0 Å². The second kappa shape index (κ2) is 6.46. The van der Waals surface area contributed by atoms with E-state index in [0.29, 0.717) is 0 Å². The van der Waals surface area contributed by atoms with E-state index in [1.165, 1.54) is 0 Å². The minimum atomic E-state index is -0.502. The molecular weight excluding hydrogens is 364 g/mol. The standard InChI is InChI=1S/C24H40N2O3/c1-14-15-12-16(27)18-22(5)9-7-10-23(6,26-20(29)25-21(2,3)4)17(22)8-11-24(18,13-15)19(14)28/h15-19,27-28H,1,7-13H2,2-6H3,(H2,25,26,29)/t15-,16-,17-,18-,19+,22+,23+,24+/m0/s1. The lowest BCUT2D eigenvalue weighted by atomic mass is 9.41. The molecule has 29 heavy (non-hydrogen) atoms. The van der Waals surface area contributed by atoms with Gasteiger partial charge in [-0.15, -0.1) is 0 Å². The minimum absolute atomic E-state index is 0.0614. The van der Waals surface area contributed by atoms with Crippen LogP contribution >= 0.6 is 0 Å². The Morgan fingerprint density at radius 2 is 1.86 bits per heavy atom. The van der Waals surface area contributed by atoms with Gasteiger partial charge in [0.25, 0.3) is 0 Å². The number of aliphatic hydroxyl groups excluding tert-OH is 2. The van der Waals surface area contributed by atoms with Crippen LogP contribution in [-0.4, -0.2) is 39.5 Å². The fraction of sp³-hybridized carbons (Fsp3) is 0.875. The van der Waals surface area contributed by atoms with E-state index in [-0.39, 0.29) is 45.7 Å². The van der Waals surface area contributed by atoms with Gasteiger partial charge in [-0.1, -0.05) is 19.9 Å². The molecule has 1 spiro atoms. The number of hydrogen-bond acceptors (Lipinski definition) is 3. The molecule has 0 heterocycles. The summed E-state index contributed by atoms with van der Waals surface area (Å²) in [5, 5.41) is 28.8. The number of fused-ring (bicyclic) bond motifs is 3. The highest BCUT2D eigenvalue weighted by atomic mass is 16.3. The molecule has 0 saturated heterocycles. The van der Waals surface area contributed by atoms with Gasteiger partial charge in [-0.3, -0.25) is 0 Å². The summed E-state index contributed by atoms with van der Waals surface area (Å²) in [4.78, 5) is 12.8. The third-order valence-corrected chi connectivity index (χ3v) is 9.05. The van der Waals surface area contributed by atoms with Gasteiger partial charge >= 0.3 is 6.03 Å². The molecule has 0 unspecified atom stereocenters. The summed E-state index contributed by atoms with van der Waals surface area (Å²) in [5.41, 5.74) is 0.0149. The van der Waals surface area contributed by atoms with Gasteiger partial charge in [0.1, 0.15) is 0 Å². The predicted octanol–water partition coefficient (Wildman–Crippen LogP) is 3.75. The van der Waals surface area contributed by atoms with Crippen LogP contribution in [0.2, 0.25) is 0 Å². The van der Waals surface area contributed by atoms with Crippen molar-refractivity contribution in [1.29, 1.82) is 0 Å². The van der Waals surface area contributed by atoms with Crippen LogP contribution in [0.5, 0.6) is 0 Å². The van der Waals surface area contributed by atoms with E-state index in [1.54, 1.807) is 0 Å². The summed E-state index contributed by atoms with van der Waals surface area (Å²) in [6, 6.07) is -0.108. The molecular formula is C24H40N2O3. The molecule has 164 valence electrons. The van der Waals surface area contributed by atoms with Crippen molar-refractivity contribution in [3.05, 3.63) is 12.2 Å². The van der Waals surface area contributed by atoms with E-state index in [9.17, 15) is 15.0 Å². The topological polar surface area (TPSA) is 81.6 Å². The lowest BCUT2D eigenvalue weighted by molar-refractivity contribution is -0.195. The molecule has 2 amide bonds. The first-order valence-corrected chi connectivity index (χ1v) is 11.5. The Bertz CT molecular complexity index is 715. The van der Waals surface area contributed by atoms with Gasteiger partial charge in [0, 0.05) is 16.5 Å². The van der Waals surface area contributed by atoms with Gasteiger partial charge < -0.3 is 20.8 Å². The number of rotatable bonds is 1. The predicted molar refractivity (Wildman–Crippen MR) is 114 cm³/mol. The summed E-state index contributed by atoms with van der Waals surface area (Å²) in [6.07, 6.45) is 5.69. The number of aliphatic hydroxyl groups is 2. The van der Waals surface area contributed by atoms with Crippen LogP contribution in [0.3, 0.4) is 0 Å². The van der Waals surface area contributed by atoms with Gasteiger partial charge in [-0.25, -0.2) is 4.79 Å². The normalized spacial score (nSPS) is 49.2. The molecule has 0 aliphatic heterocycles. The molecule has 0 radical (unpaired) electrons. The maximum atomic E-state index is 12.8. The molecule has 4 N–H and O–H groups in total. The van der Waals surface area contributed by atoms with Crippen LogP contribution in [0.25, 0.3) is 0 Å². The molecule has 4 fully saturated rings. The van der Waals surface area contributed by atoms with Crippen molar-refractivity contribution < 1.29 is 15.0 Å². The van der Waals surface area contributed by atoms with Crippen molar-refractivity contribution in [3.8, 4) is 0 Å². The van der Waals surface area contributed by atoms with Crippen molar-refractivity contribution in [3.63, 3.8) is 0 Å². The van der Waals surface area contributed by atoms with Crippen molar-refractivity contribution >= 4 is 6.03 Å². The molecule has 5 nitrogen and oxygen atoms in total. The maximum absolute atomic E-state index is 12.8. The Hall–Kier alpha value is -1.07. The first-order valence-electron chi connectivity index (χ1n) is 11.5. The largest absolute Gasteiger partial charge is 0.393 e. The molecule has 0 aromatic heterocycles. The zero-order valence-corrected chi connectivity index (χ0v) is 18.8. The van der Waals surface area contributed by atoms with Crippen LogP contribution in [0, 0.1) is 28.6 Å². The average Bonchev–Trinajstić information content (AvgIpc) is 2.73. The fourth-order valence-corrected chi connectivity index (χ4v) is 8.25. The van der Waals surface area contributed by atoms with E-state index in [2.05, 4.69) is 31.1 Å². The Labute approximate surface area is 175 Å². The number of nitrogens with one attached hydrogen (secondary N) is 2. The van der Waals surface area contributed by atoms with Crippen molar-refractivity contribution in [2.45, 2.75) is 103 Å². The molecule has 0 aromatic carbocycles. The lowest BCUT2D eigenvalue weighted by Crippen LogP contribution is -2.68. The van der Waals surface area contributed by atoms with Gasteiger partial charge in [0.05, 0.1) is 12.2 Å². The smallest absolute Gasteiger partial charge is 0.315 e. The van der Waals surface area contributed by atoms with E-state index in [4.69, 9.17) is 0 Å². The molecule has 0 aromatic rings. The second-order valence-electron chi connectivity index (χ2n) is 12.1. The first-order chi connectivity index (χ1) is 13.3. The third kappa shape index (κ3) is 3.06. The molecule has 2 bridgehead atoms. The molecule has 5 heteroatoms. The second-order valence-corrected chi connectivity index (χ2v) is 12.1. The average molecular weight is 405 g/mol. The van der Waals surface area contributed by atoms with E-state index in [1.807, 2.05) is 20.8 Å². The minimum Gasteiger partial charge on any atom is -0.393 e. The summed E-state index contributed by atoms with van der Waals surface area (Å²) in [6.45, 7) is 14.7. The Morgan fingerprint density at radius 3 is 2.52 bits per heavy atom. The van der Waals surface area contributed by atoms with E-state index >= 15 is 0 Å². The Morgan fingerprint density at radius 1 is 1.17 bits per heavy atom. The summed E-state index contributed by atoms with van der Waals surface area (Å²) < 4.78 is 0. The molecule has 8 atom stereocenters. The van der Waals surface area contributed by atoms with Gasteiger partial charge in [-0.05, 0) is 95.0 Å². The van der Waals surface area contributed by atoms with Crippen LogP contribution in [0.15, 0.2) is 12.2 Å². The molecule has 4 saturated carbocycles. The summed E-state index contributed by atoms with van der Waals surface area (Å²) >= 11 is 0. The van der Waals surface area contributed by atoms with Crippen LogP contribution < -0.4 is 10.6 Å². The number of urea groups is 1. The summed E-state index contributed by atoms with van der Waals surface area (Å²) in [5.74, 6) is 0.603. The summed E-state index contributed by atoms with van der Waals surface area (Å²) in [7, 11) is 0. The highest BCUT2D eigenvalue weighted by Crippen LogP contribution is 2.70. The Kier molecular flexibility index (Phi) is 4.72. The van der Waals surface area contributed by atoms with E-state index in [0.717, 1.165) is 50.5 Å². The molecule has 4 aliphatic carbocycles. The number of carbonyl (C=O) groups is 1. The zero-order valence-electron chi connectivity index (χ0n) is 18.8. The van der Waals surface area contributed by atoms with Gasteiger partial charge in [0.15, 0.2) is 0 Å². The quantitative estimate of drug-likeness (QED) is 0.503. The molecule has 4 rings (SSSR count). The van der Waals surface area contributed by atoms with Crippen LogP contribution in [0.1, 0.15) is 79.6 Å². The highest BCUT2D eigenvalue weighted by molar-refractivity contribution is 5.75. The van der Waals surface area contributed by atoms with Gasteiger partial charge in [-0.2, -0.15) is 0 Å². The van der Waals surface area contributed by atoms with Crippen molar-refractivity contribution in [2.24, 2.45) is 28.6 Å². The maximum Gasteiger partial charge on any atom is 0.315 e. The van der Waals surface area contributed by atoms with Crippen molar-refractivity contribution in [2.75, 3.05) is 0 Å². The highest BCUT2D eigenvalue weighted by Gasteiger charge is 2.69. The SMILES string of the molecule is C=C1[C@H]2C[C@H](O)[C@H]3[C@]4(C)CCC[C@@](C)(NC(=O)NC(C)(C)C)[C@H]4CC[C@]3(C2)[C@@H]1O. The van der Waals surface area contributed by atoms with Crippen molar-refractivity contribution in [1.82, 2.24) is 10.6 Å². The van der Waals surface area contributed by atoms with Crippen LogP contribution in [-0.2, 0) is 0 Å². The number of hydrogen-bond donors (Lipinski definition) is 4. The number of carbonyl (C=O) groups excluding carboxylic acids is 1. The fourth-order valence-electron chi connectivity index (χ4n) is 8.25. The lowest BCUT2D eigenvalue weighted by Gasteiger charge is -2.65. The number of amides is 2. The van der Waals surface area contributed by atoms with Crippen LogP contribution in [0.4, 0.5) is 4.79 Å². The monoisotopic (exact) mass is 404 g/mol. The third-order valence-electron chi connectivity index (χ3n) is 9.05. The zero-order chi connectivity index (χ0) is 21.4. The first kappa shape index (κ1) is 21.2. The molecule has 4 aliphatic rings. The van der Waals surface area contributed by atoms with E-state index < -0.39 is 12.2 Å².